The predicted octanol–water partition coefficient (Wildman–Crippen LogP) is 5.66. The molecule has 0 bridgehead atoms. The highest BCUT2D eigenvalue weighted by atomic mass is 35.5. The first kappa shape index (κ1) is 29.3. The van der Waals surface area contributed by atoms with Gasteiger partial charge in [-0.3, -0.25) is 9.59 Å². The van der Waals surface area contributed by atoms with Crippen molar-refractivity contribution < 1.29 is 28.7 Å². The molecular weight excluding hydrogens is 577 g/mol. The zero-order valence-corrected chi connectivity index (χ0v) is 23.9. The van der Waals surface area contributed by atoms with Crippen molar-refractivity contribution in [1.82, 2.24) is 5.43 Å². The van der Waals surface area contributed by atoms with Crippen molar-refractivity contribution in [1.29, 1.82) is 0 Å². The average Bonchev–Trinajstić information content (AvgIpc) is 3.26. The molecule has 40 heavy (non-hydrogen) atoms. The van der Waals surface area contributed by atoms with Crippen LogP contribution < -0.4 is 15.5 Å². The van der Waals surface area contributed by atoms with Gasteiger partial charge in [-0.25, -0.2) is 15.0 Å². The molecule has 0 spiro atoms. The quantitative estimate of drug-likeness (QED) is 0.118. The smallest absolute Gasteiger partial charge is 0.345 e. The van der Waals surface area contributed by atoms with Crippen LogP contribution >= 0.6 is 34.5 Å². The molecule has 4 rings (SSSR count). The minimum absolute atomic E-state index is 0.171. The van der Waals surface area contributed by atoms with Crippen molar-refractivity contribution in [2.75, 3.05) is 11.9 Å². The number of thiophene rings is 1. The molecule has 12 heteroatoms. The van der Waals surface area contributed by atoms with E-state index in [2.05, 4.69) is 22.8 Å². The second-order valence-electron chi connectivity index (χ2n) is 9.01. The van der Waals surface area contributed by atoms with Gasteiger partial charge < -0.3 is 14.8 Å². The number of carbonyl (C=O) groups excluding carboxylic acids is 4. The number of hydrogen-bond acceptors (Lipinski definition) is 8. The van der Waals surface area contributed by atoms with E-state index in [1.54, 1.807) is 19.1 Å². The zero-order valence-electron chi connectivity index (χ0n) is 21.6. The summed E-state index contributed by atoms with van der Waals surface area (Å²) in [5.74, 6) is -2.40. The summed E-state index contributed by atoms with van der Waals surface area (Å²) < 4.78 is 10.5. The highest BCUT2D eigenvalue weighted by molar-refractivity contribution is 7.17. The monoisotopic (exact) mass is 601 g/mol. The third kappa shape index (κ3) is 7.07. The number of hydrogen-bond donors (Lipinski definition) is 2. The van der Waals surface area contributed by atoms with E-state index in [9.17, 15) is 19.2 Å². The van der Waals surface area contributed by atoms with Gasteiger partial charge in [0.2, 0.25) is 0 Å². The molecule has 1 aliphatic rings. The van der Waals surface area contributed by atoms with Crippen molar-refractivity contribution in [2.45, 2.75) is 33.1 Å². The number of hydrazone groups is 1. The fraction of sp³-hybridized carbons (Fsp3) is 0.250. The lowest BCUT2D eigenvalue weighted by atomic mass is 9.88. The molecule has 0 aliphatic heterocycles. The number of nitrogens with zero attached hydrogens (tertiary/aromatic N) is 1. The van der Waals surface area contributed by atoms with Crippen LogP contribution in [0.4, 0.5) is 5.00 Å². The topological polar surface area (TPSA) is 123 Å². The van der Waals surface area contributed by atoms with Crippen molar-refractivity contribution in [2.24, 2.45) is 11.0 Å². The number of benzene rings is 2. The normalized spacial score (nSPS) is 14.3. The first-order chi connectivity index (χ1) is 19.2. The van der Waals surface area contributed by atoms with Gasteiger partial charge in [0, 0.05) is 9.90 Å². The summed E-state index contributed by atoms with van der Waals surface area (Å²) in [6.45, 7) is 4.04. The molecule has 2 N–H and O–H groups in total. The second-order valence-corrected chi connectivity index (χ2v) is 11.0. The first-order valence-electron chi connectivity index (χ1n) is 12.4. The number of carbonyl (C=O) groups is 4. The minimum Gasteiger partial charge on any atom is -0.462 e. The molecule has 0 saturated heterocycles. The Morgan fingerprint density at radius 1 is 1.07 bits per heavy atom. The van der Waals surface area contributed by atoms with Gasteiger partial charge >= 0.3 is 23.8 Å². The molecule has 9 nitrogen and oxygen atoms in total. The number of fused-ring (bicyclic) bond motifs is 1. The maximum atomic E-state index is 12.6. The Hall–Kier alpha value is -3.73. The number of nitrogens with one attached hydrogen (secondary N) is 2. The molecule has 0 radical (unpaired) electrons. The van der Waals surface area contributed by atoms with Crippen LogP contribution in [-0.4, -0.2) is 36.6 Å². The SMILES string of the molecule is CCOC(=O)c1c(NC(=O)C(=O)N/N=C\c2ccc(OC(=O)c3ccc(Cl)cc3Cl)cc2)sc2c1CC[C@@H](C)C2. The van der Waals surface area contributed by atoms with Gasteiger partial charge in [-0.2, -0.15) is 5.10 Å². The summed E-state index contributed by atoms with van der Waals surface area (Å²) in [6.07, 6.45) is 3.76. The van der Waals surface area contributed by atoms with Crippen molar-refractivity contribution in [3.63, 3.8) is 0 Å². The van der Waals surface area contributed by atoms with E-state index >= 15 is 0 Å². The Kier molecular flexibility index (Phi) is 9.57. The molecule has 2 aromatic carbocycles. The molecule has 0 saturated carbocycles. The maximum Gasteiger partial charge on any atom is 0.345 e. The van der Waals surface area contributed by atoms with E-state index in [0.29, 0.717) is 33.5 Å². The van der Waals surface area contributed by atoms with Gasteiger partial charge in [-0.05, 0) is 85.7 Å². The first-order valence-corrected chi connectivity index (χ1v) is 14.0. The van der Waals surface area contributed by atoms with E-state index < -0.39 is 23.8 Å². The number of halogens is 2. The van der Waals surface area contributed by atoms with Crippen LogP contribution in [0.1, 0.15) is 57.0 Å². The van der Waals surface area contributed by atoms with Crippen molar-refractivity contribution in [3.8, 4) is 5.75 Å². The summed E-state index contributed by atoms with van der Waals surface area (Å²) in [4.78, 5) is 50.9. The van der Waals surface area contributed by atoms with E-state index in [0.717, 1.165) is 23.3 Å². The fourth-order valence-electron chi connectivity index (χ4n) is 4.07. The van der Waals surface area contributed by atoms with Gasteiger partial charge in [0.05, 0.1) is 29.0 Å². The van der Waals surface area contributed by atoms with Crippen LogP contribution in [0.5, 0.6) is 5.75 Å². The van der Waals surface area contributed by atoms with Crippen LogP contribution in [0.15, 0.2) is 47.6 Å². The fourth-order valence-corrected chi connectivity index (χ4v) is 5.95. The highest BCUT2D eigenvalue weighted by Gasteiger charge is 2.30. The maximum absolute atomic E-state index is 12.6. The number of rotatable bonds is 7. The van der Waals surface area contributed by atoms with Crippen molar-refractivity contribution >= 4 is 69.5 Å². The van der Waals surface area contributed by atoms with Gasteiger partial charge in [-0.1, -0.05) is 30.1 Å². The molecule has 208 valence electrons. The lowest BCUT2D eigenvalue weighted by Crippen LogP contribution is -2.32. The Morgan fingerprint density at radius 2 is 1.82 bits per heavy atom. The molecule has 0 fully saturated rings. The van der Waals surface area contributed by atoms with Crippen LogP contribution in [0.25, 0.3) is 0 Å². The molecule has 3 aromatic rings. The number of ether oxygens (including phenoxy) is 2. The largest absolute Gasteiger partial charge is 0.462 e. The summed E-state index contributed by atoms with van der Waals surface area (Å²) in [5.41, 5.74) is 4.10. The summed E-state index contributed by atoms with van der Waals surface area (Å²) in [5, 5.41) is 7.23. The van der Waals surface area contributed by atoms with Crippen LogP contribution in [0, 0.1) is 5.92 Å². The van der Waals surface area contributed by atoms with Crippen LogP contribution in [-0.2, 0) is 27.2 Å². The third-order valence-electron chi connectivity index (χ3n) is 6.05. The van der Waals surface area contributed by atoms with Gasteiger partial charge in [0.15, 0.2) is 0 Å². The number of anilines is 1. The molecular formula is C28H25Cl2N3O6S. The molecule has 1 aliphatic carbocycles. The Balaban J connectivity index is 1.35. The minimum atomic E-state index is -1.00. The molecule has 0 unspecified atom stereocenters. The number of esters is 2. The standard InChI is InChI=1S/C28H25Cl2N3O6S/c1-3-38-28(37)23-20-10-4-15(2)12-22(20)40-26(23)32-24(34)25(35)33-31-14-16-5-8-18(9-6-16)39-27(36)19-11-7-17(29)13-21(19)30/h5-9,11,13-15H,3-4,10,12H2,1-2H3,(H,32,34)(H,33,35)/b31-14-/t15-/m1/s1. The zero-order chi connectivity index (χ0) is 28.8. The third-order valence-corrected chi connectivity index (χ3v) is 7.76. The van der Waals surface area contributed by atoms with Gasteiger partial charge in [-0.15, -0.1) is 11.3 Å². The Labute approximate surface area is 244 Å². The summed E-state index contributed by atoms with van der Waals surface area (Å²) in [6, 6.07) is 10.7. The van der Waals surface area contributed by atoms with Crippen molar-refractivity contribution in [3.05, 3.63) is 79.6 Å². The van der Waals surface area contributed by atoms with E-state index in [4.69, 9.17) is 32.7 Å². The van der Waals surface area contributed by atoms with Crippen LogP contribution in [0.3, 0.4) is 0 Å². The molecule has 1 atom stereocenters. The molecule has 2 amide bonds. The lowest BCUT2D eigenvalue weighted by molar-refractivity contribution is -0.136. The van der Waals surface area contributed by atoms with Gasteiger partial charge in [0.1, 0.15) is 10.8 Å². The Bertz CT molecular complexity index is 1490. The highest BCUT2D eigenvalue weighted by Crippen LogP contribution is 2.40. The van der Waals surface area contributed by atoms with Crippen LogP contribution in [0.2, 0.25) is 10.0 Å². The van der Waals surface area contributed by atoms with Gasteiger partial charge in [0.25, 0.3) is 0 Å². The molecule has 1 heterocycles. The molecule has 1 aromatic heterocycles. The average molecular weight is 602 g/mol. The number of amides is 2. The van der Waals surface area contributed by atoms with E-state index in [1.807, 2.05) is 0 Å². The summed E-state index contributed by atoms with van der Waals surface area (Å²) in [7, 11) is 0. The van der Waals surface area contributed by atoms with E-state index in [1.165, 1.54) is 47.9 Å². The summed E-state index contributed by atoms with van der Waals surface area (Å²) >= 11 is 13.2. The predicted molar refractivity (Wildman–Crippen MR) is 154 cm³/mol. The lowest BCUT2D eigenvalue weighted by Gasteiger charge is -2.18. The second kappa shape index (κ2) is 13.1. The van der Waals surface area contributed by atoms with E-state index in [-0.39, 0.29) is 22.9 Å². The Morgan fingerprint density at radius 3 is 2.52 bits per heavy atom.